The summed E-state index contributed by atoms with van der Waals surface area (Å²) in [6, 6.07) is 20.1. The Balaban J connectivity index is 0.000000257. The minimum Gasteiger partial charge on any atom is -0.445 e. The average Bonchev–Trinajstić information content (AvgIpc) is 3.08. The number of carbonyl (C=O) groups excluding carboxylic acids is 3. The topological polar surface area (TPSA) is 104 Å². The summed E-state index contributed by atoms with van der Waals surface area (Å²) in [5.74, 6) is 0.567. The zero-order chi connectivity index (χ0) is 34.5. The number of carbonyl (C=O) groups is 3. The van der Waals surface area contributed by atoms with Crippen molar-refractivity contribution in [3.63, 3.8) is 0 Å². The summed E-state index contributed by atoms with van der Waals surface area (Å²) in [5.41, 5.74) is 1.56. The van der Waals surface area contributed by atoms with Gasteiger partial charge in [0.2, 0.25) is 0 Å². The van der Waals surface area contributed by atoms with E-state index < -0.39 is 5.60 Å². The molecule has 1 N–H and O–H groups in total. The van der Waals surface area contributed by atoms with Crippen LogP contribution in [-0.2, 0) is 27.4 Å². The van der Waals surface area contributed by atoms with E-state index in [0.29, 0.717) is 50.8 Å². The van der Waals surface area contributed by atoms with Crippen molar-refractivity contribution in [3.8, 4) is 0 Å². The third kappa shape index (κ3) is 12.3. The van der Waals surface area contributed by atoms with Crippen molar-refractivity contribution in [3.05, 3.63) is 71.8 Å². The minimum absolute atomic E-state index is 0.207. The van der Waals surface area contributed by atoms with Gasteiger partial charge in [0.05, 0.1) is 0 Å². The standard InChI is InChI=1S/C24H37N3O4.C13H18N2O2/c1-19-16-27(22(28)30-18-21-8-6-5-7-9-21)15-14-26(19)17-20-10-12-25(13-11-20)23(29)31-24(2,3)4;1-11-9-15(8-7-14-11)13(16)17-10-12-5-3-2-4-6-12/h5-9,19-20H,10-18H2,1-4H3;2-6,11,14H,7-10H2,1H3/t19-;11-/m00/s1. The second-order valence-corrected chi connectivity index (χ2v) is 14.1. The first-order valence-electron chi connectivity index (χ1n) is 17.3. The van der Waals surface area contributed by atoms with Crippen molar-refractivity contribution in [1.29, 1.82) is 0 Å². The lowest BCUT2D eigenvalue weighted by molar-refractivity contribution is 0.0131. The van der Waals surface area contributed by atoms with Crippen LogP contribution in [0.15, 0.2) is 60.7 Å². The van der Waals surface area contributed by atoms with E-state index in [1.807, 2.05) is 91.2 Å². The van der Waals surface area contributed by atoms with Crippen LogP contribution in [0.3, 0.4) is 0 Å². The number of nitrogens with one attached hydrogen (secondary N) is 1. The number of benzene rings is 2. The van der Waals surface area contributed by atoms with Gasteiger partial charge in [-0.15, -0.1) is 0 Å². The fourth-order valence-electron chi connectivity index (χ4n) is 6.11. The van der Waals surface area contributed by atoms with Crippen LogP contribution in [0.4, 0.5) is 14.4 Å². The molecule has 11 nitrogen and oxygen atoms in total. The maximum absolute atomic E-state index is 12.4. The molecule has 0 spiro atoms. The lowest BCUT2D eigenvalue weighted by Gasteiger charge is -2.42. The molecule has 3 aliphatic rings. The predicted molar refractivity (Wildman–Crippen MR) is 185 cm³/mol. The Morgan fingerprint density at radius 1 is 0.708 bits per heavy atom. The van der Waals surface area contributed by atoms with Crippen molar-refractivity contribution in [2.75, 3.05) is 58.9 Å². The number of piperidine rings is 1. The Hall–Kier alpha value is -3.83. The predicted octanol–water partition coefficient (Wildman–Crippen LogP) is 5.59. The van der Waals surface area contributed by atoms with Crippen LogP contribution in [0.2, 0.25) is 0 Å². The molecule has 0 aliphatic carbocycles. The van der Waals surface area contributed by atoms with E-state index in [-0.39, 0.29) is 18.3 Å². The number of hydrogen-bond acceptors (Lipinski definition) is 8. The number of amides is 3. The lowest BCUT2D eigenvalue weighted by Crippen LogP contribution is -2.55. The molecule has 0 radical (unpaired) electrons. The molecule has 48 heavy (non-hydrogen) atoms. The molecule has 3 aliphatic heterocycles. The molecule has 3 saturated heterocycles. The smallest absolute Gasteiger partial charge is 0.410 e. The maximum atomic E-state index is 12.4. The van der Waals surface area contributed by atoms with Crippen LogP contribution in [0.5, 0.6) is 0 Å². The highest BCUT2D eigenvalue weighted by Gasteiger charge is 2.32. The van der Waals surface area contributed by atoms with E-state index in [2.05, 4.69) is 24.1 Å². The van der Waals surface area contributed by atoms with Gasteiger partial charge in [-0.25, -0.2) is 14.4 Å². The van der Waals surface area contributed by atoms with E-state index >= 15 is 0 Å². The summed E-state index contributed by atoms with van der Waals surface area (Å²) < 4.78 is 16.3. The minimum atomic E-state index is -0.453. The second kappa shape index (κ2) is 18.1. The summed E-state index contributed by atoms with van der Waals surface area (Å²) in [4.78, 5) is 44.4. The molecule has 3 fully saturated rings. The van der Waals surface area contributed by atoms with E-state index in [1.54, 1.807) is 4.90 Å². The number of piperazine rings is 2. The van der Waals surface area contributed by atoms with Gasteiger partial charge in [0.15, 0.2) is 0 Å². The molecule has 2 aromatic rings. The number of hydrogen-bond donors (Lipinski definition) is 1. The van der Waals surface area contributed by atoms with E-state index in [0.717, 1.165) is 63.2 Å². The van der Waals surface area contributed by atoms with Crippen LogP contribution >= 0.6 is 0 Å². The number of likely N-dealkylation sites (tertiary alicyclic amines) is 1. The number of ether oxygens (including phenoxy) is 3. The van der Waals surface area contributed by atoms with Gasteiger partial charge in [0, 0.05) is 71.0 Å². The first-order valence-corrected chi connectivity index (χ1v) is 17.3. The normalized spacial score (nSPS) is 20.7. The first kappa shape index (κ1) is 37.0. The van der Waals surface area contributed by atoms with Crippen LogP contribution < -0.4 is 5.32 Å². The molecule has 3 heterocycles. The SMILES string of the molecule is C[C@H]1CN(C(=O)OCc2ccccc2)CCN1.C[C@H]1CN(C(=O)OCc2ccccc2)CCN1CC1CCN(C(=O)OC(C)(C)C)CC1. The quantitative estimate of drug-likeness (QED) is 0.399. The van der Waals surface area contributed by atoms with Crippen molar-refractivity contribution < 1.29 is 28.6 Å². The summed E-state index contributed by atoms with van der Waals surface area (Å²) >= 11 is 0. The summed E-state index contributed by atoms with van der Waals surface area (Å²) in [6.07, 6.45) is 1.32. The largest absolute Gasteiger partial charge is 0.445 e. The molecular formula is C37H55N5O6. The van der Waals surface area contributed by atoms with Gasteiger partial charge in [-0.3, -0.25) is 4.90 Å². The van der Waals surface area contributed by atoms with Gasteiger partial charge in [-0.1, -0.05) is 60.7 Å². The molecular weight excluding hydrogens is 610 g/mol. The summed E-state index contributed by atoms with van der Waals surface area (Å²) in [7, 11) is 0. The van der Waals surface area contributed by atoms with Crippen LogP contribution in [0.25, 0.3) is 0 Å². The number of rotatable bonds is 6. The highest BCUT2D eigenvalue weighted by Crippen LogP contribution is 2.23. The van der Waals surface area contributed by atoms with Crippen molar-refractivity contribution in [2.45, 2.75) is 78.4 Å². The van der Waals surface area contributed by atoms with Gasteiger partial charge >= 0.3 is 18.3 Å². The van der Waals surface area contributed by atoms with Crippen LogP contribution in [0.1, 0.15) is 58.6 Å². The fourth-order valence-corrected chi connectivity index (χ4v) is 6.11. The van der Waals surface area contributed by atoms with Crippen molar-refractivity contribution in [2.24, 2.45) is 5.92 Å². The maximum Gasteiger partial charge on any atom is 0.410 e. The summed E-state index contributed by atoms with van der Waals surface area (Å²) in [6.45, 7) is 17.6. The van der Waals surface area contributed by atoms with Gasteiger partial charge in [-0.2, -0.15) is 0 Å². The van der Waals surface area contributed by atoms with E-state index in [1.165, 1.54) is 0 Å². The molecule has 0 bridgehead atoms. The van der Waals surface area contributed by atoms with Gasteiger partial charge < -0.3 is 34.2 Å². The molecule has 2 atom stereocenters. The monoisotopic (exact) mass is 665 g/mol. The highest BCUT2D eigenvalue weighted by atomic mass is 16.6. The van der Waals surface area contributed by atoms with Gasteiger partial charge in [0.1, 0.15) is 18.8 Å². The van der Waals surface area contributed by atoms with Crippen molar-refractivity contribution >= 4 is 18.3 Å². The fraction of sp³-hybridized carbons (Fsp3) is 0.595. The zero-order valence-electron chi connectivity index (χ0n) is 29.4. The number of nitrogens with zero attached hydrogens (tertiary/aromatic N) is 4. The van der Waals surface area contributed by atoms with Crippen molar-refractivity contribution in [1.82, 2.24) is 24.9 Å². The Morgan fingerprint density at radius 2 is 1.25 bits per heavy atom. The van der Waals surface area contributed by atoms with E-state index in [4.69, 9.17) is 14.2 Å². The Kier molecular flexibility index (Phi) is 13.9. The van der Waals surface area contributed by atoms with E-state index in [9.17, 15) is 14.4 Å². The molecule has 0 aromatic heterocycles. The average molecular weight is 666 g/mol. The summed E-state index contributed by atoms with van der Waals surface area (Å²) in [5, 5.41) is 3.29. The van der Waals surface area contributed by atoms with Crippen LogP contribution in [0, 0.1) is 5.92 Å². The first-order chi connectivity index (χ1) is 23.0. The highest BCUT2D eigenvalue weighted by molar-refractivity contribution is 5.69. The Labute approximate surface area is 286 Å². The third-order valence-corrected chi connectivity index (χ3v) is 8.82. The van der Waals surface area contributed by atoms with Gasteiger partial charge in [0.25, 0.3) is 0 Å². The molecule has 11 heteroatoms. The molecule has 2 aromatic carbocycles. The Morgan fingerprint density at radius 3 is 1.75 bits per heavy atom. The molecule has 0 saturated carbocycles. The zero-order valence-corrected chi connectivity index (χ0v) is 29.4. The molecule has 264 valence electrons. The molecule has 5 rings (SSSR count). The molecule has 0 unspecified atom stereocenters. The lowest BCUT2D eigenvalue weighted by atomic mass is 9.95. The van der Waals surface area contributed by atoms with Crippen LogP contribution in [-0.4, -0.2) is 114 Å². The Bertz CT molecular complexity index is 1280. The molecule has 3 amide bonds. The third-order valence-electron chi connectivity index (χ3n) is 8.82. The second-order valence-electron chi connectivity index (χ2n) is 14.1. The van der Waals surface area contributed by atoms with Gasteiger partial charge in [-0.05, 0) is 64.5 Å².